The fraction of sp³-hybridized carbons (Fsp3) is 0.355. The number of nitro groups is 1. The number of hydrogen-bond donors (Lipinski definition) is 0. The molecule has 0 N–H and O–H groups in total. The third-order valence-electron chi connectivity index (χ3n) is 7.21. The van der Waals surface area contributed by atoms with E-state index in [1.807, 2.05) is 66.4 Å². The summed E-state index contributed by atoms with van der Waals surface area (Å²) in [5.74, 6) is -0.123. The van der Waals surface area contributed by atoms with Crippen molar-refractivity contribution >= 4 is 28.9 Å². The lowest BCUT2D eigenvalue weighted by Crippen LogP contribution is -2.47. The maximum absolute atomic E-state index is 14.0. The topological polar surface area (TPSA) is 83.8 Å². The highest BCUT2D eigenvalue weighted by Crippen LogP contribution is 2.43. The van der Waals surface area contributed by atoms with Gasteiger partial charge in [0.15, 0.2) is 0 Å². The molecule has 0 spiro atoms. The minimum atomic E-state index is -0.475. The number of nitrogens with zero attached hydrogens (tertiary/aromatic N) is 3. The van der Waals surface area contributed by atoms with E-state index in [-0.39, 0.29) is 29.6 Å². The standard InChI is InChI=1S/C31H35N3O4/c1-3-4-5-6-10-17-30(35)32-23(2)22-29(27-15-11-12-16-28(27)32)33(25-13-8-7-9-14-25)31(36)24-18-20-26(21-19-24)34(37)38/h7-9,11-16,18-21,23,29H,3-6,10,17,22H2,1-2H3/t23-,29+/m0/s1. The Balaban J connectivity index is 1.68. The van der Waals surface area contributed by atoms with Gasteiger partial charge in [0.2, 0.25) is 5.91 Å². The van der Waals surface area contributed by atoms with Crippen LogP contribution in [0.4, 0.5) is 17.1 Å². The molecule has 0 aromatic heterocycles. The molecular formula is C31H35N3O4. The van der Waals surface area contributed by atoms with Crippen LogP contribution in [0, 0.1) is 10.1 Å². The van der Waals surface area contributed by atoms with Crippen LogP contribution in [0.3, 0.4) is 0 Å². The van der Waals surface area contributed by atoms with Crippen LogP contribution in [0.2, 0.25) is 0 Å². The van der Waals surface area contributed by atoms with Gasteiger partial charge in [0.05, 0.1) is 11.0 Å². The molecule has 1 heterocycles. The predicted octanol–water partition coefficient (Wildman–Crippen LogP) is 7.47. The molecule has 0 saturated heterocycles. The van der Waals surface area contributed by atoms with E-state index in [0.717, 1.165) is 36.2 Å². The van der Waals surface area contributed by atoms with Crippen molar-refractivity contribution in [2.75, 3.05) is 9.80 Å². The highest BCUT2D eigenvalue weighted by Gasteiger charge is 2.38. The summed E-state index contributed by atoms with van der Waals surface area (Å²) in [5.41, 5.74) is 2.80. The molecule has 198 valence electrons. The summed E-state index contributed by atoms with van der Waals surface area (Å²) in [6.07, 6.45) is 6.53. The van der Waals surface area contributed by atoms with E-state index >= 15 is 0 Å². The van der Waals surface area contributed by atoms with Crippen molar-refractivity contribution in [3.63, 3.8) is 0 Å². The quantitative estimate of drug-likeness (QED) is 0.160. The maximum atomic E-state index is 14.0. The Hall–Kier alpha value is -4.00. The molecular weight excluding hydrogens is 478 g/mol. The third-order valence-corrected chi connectivity index (χ3v) is 7.21. The molecule has 2 amide bonds. The second-order valence-electron chi connectivity index (χ2n) is 9.90. The number of carbonyl (C=O) groups is 2. The van der Waals surface area contributed by atoms with Crippen molar-refractivity contribution in [3.8, 4) is 0 Å². The minimum absolute atomic E-state index is 0.0618. The molecule has 1 aliphatic heterocycles. The van der Waals surface area contributed by atoms with Crippen LogP contribution in [0.25, 0.3) is 0 Å². The molecule has 0 saturated carbocycles. The molecule has 2 atom stereocenters. The average molecular weight is 514 g/mol. The van der Waals surface area contributed by atoms with E-state index in [1.165, 1.54) is 37.1 Å². The summed E-state index contributed by atoms with van der Waals surface area (Å²) in [6, 6.07) is 22.6. The van der Waals surface area contributed by atoms with Crippen LogP contribution < -0.4 is 9.80 Å². The van der Waals surface area contributed by atoms with Crippen LogP contribution in [0.5, 0.6) is 0 Å². The number of rotatable bonds is 10. The number of non-ortho nitro benzene ring substituents is 1. The first kappa shape index (κ1) is 27.0. The summed E-state index contributed by atoms with van der Waals surface area (Å²) in [5, 5.41) is 11.1. The molecule has 4 rings (SSSR count). The first-order valence-corrected chi connectivity index (χ1v) is 13.5. The van der Waals surface area contributed by atoms with Gasteiger partial charge in [-0.25, -0.2) is 0 Å². The minimum Gasteiger partial charge on any atom is -0.309 e. The van der Waals surface area contributed by atoms with Crippen molar-refractivity contribution in [2.45, 2.75) is 70.9 Å². The zero-order chi connectivity index (χ0) is 27.1. The van der Waals surface area contributed by atoms with E-state index in [9.17, 15) is 19.7 Å². The molecule has 0 fully saturated rings. The molecule has 0 aliphatic carbocycles. The van der Waals surface area contributed by atoms with Gasteiger partial charge in [-0.3, -0.25) is 19.7 Å². The average Bonchev–Trinajstić information content (AvgIpc) is 2.93. The van der Waals surface area contributed by atoms with Crippen molar-refractivity contribution in [1.82, 2.24) is 0 Å². The fourth-order valence-corrected chi connectivity index (χ4v) is 5.30. The van der Waals surface area contributed by atoms with E-state index in [1.54, 1.807) is 4.90 Å². The summed E-state index contributed by atoms with van der Waals surface area (Å²) in [7, 11) is 0. The highest BCUT2D eigenvalue weighted by molar-refractivity contribution is 6.07. The van der Waals surface area contributed by atoms with Crippen LogP contribution in [0.1, 0.15) is 80.8 Å². The number of hydrogen-bond acceptors (Lipinski definition) is 4. The highest BCUT2D eigenvalue weighted by atomic mass is 16.6. The van der Waals surface area contributed by atoms with Gasteiger partial charge >= 0.3 is 0 Å². The van der Waals surface area contributed by atoms with Gasteiger partial charge in [0.25, 0.3) is 11.6 Å². The lowest BCUT2D eigenvalue weighted by molar-refractivity contribution is -0.384. The normalized spacial score (nSPS) is 16.5. The summed E-state index contributed by atoms with van der Waals surface area (Å²) < 4.78 is 0. The molecule has 3 aromatic carbocycles. The smallest absolute Gasteiger partial charge is 0.269 e. The van der Waals surface area contributed by atoms with Gasteiger partial charge < -0.3 is 9.80 Å². The second-order valence-corrected chi connectivity index (χ2v) is 9.90. The zero-order valence-electron chi connectivity index (χ0n) is 22.1. The summed E-state index contributed by atoms with van der Waals surface area (Å²) in [4.78, 5) is 41.7. The number of anilines is 2. The lowest BCUT2D eigenvalue weighted by atomic mass is 9.89. The molecule has 7 nitrogen and oxygen atoms in total. The molecule has 0 radical (unpaired) electrons. The predicted molar refractivity (Wildman–Crippen MR) is 150 cm³/mol. The monoisotopic (exact) mass is 513 g/mol. The maximum Gasteiger partial charge on any atom is 0.269 e. The Morgan fingerprint density at radius 1 is 0.921 bits per heavy atom. The van der Waals surface area contributed by atoms with Gasteiger partial charge in [-0.05, 0) is 55.7 Å². The number of nitro benzene ring substituents is 1. The van der Waals surface area contributed by atoms with Gasteiger partial charge in [-0.2, -0.15) is 0 Å². The molecule has 0 unspecified atom stereocenters. The van der Waals surface area contributed by atoms with Crippen LogP contribution in [-0.4, -0.2) is 22.8 Å². The number of amides is 2. The van der Waals surface area contributed by atoms with Gasteiger partial charge in [0, 0.05) is 41.5 Å². The third kappa shape index (κ3) is 5.93. The molecule has 38 heavy (non-hydrogen) atoms. The fourth-order valence-electron chi connectivity index (χ4n) is 5.30. The Morgan fingerprint density at radius 2 is 1.58 bits per heavy atom. The van der Waals surface area contributed by atoms with Crippen molar-refractivity contribution in [1.29, 1.82) is 0 Å². The summed E-state index contributed by atoms with van der Waals surface area (Å²) in [6.45, 7) is 4.22. The van der Waals surface area contributed by atoms with Gasteiger partial charge in [0.1, 0.15) is 0 Å². The second kappa shape index (κ2) is 12.5. The Kier molecular flexibility index (Phi) is 8.89. The molecule has 1 aliphatic rings. The Bertz CT molecular complexity index is 1260. The number of fused-ring (bicyclic) bond motifs is 1. The van der Waals surface area contributed by atoms with Crippen LogP contribution in [-0.2, 0) is 4.79 Å². The van der Waals surface area contributed by atoms with Gasteiger partial charge in [-0.15, -0.1) is 0 Å². The van der Waals surface area contributed by atoms with Gasteiger partial charge in [-0.1, -0.05) is 69.0 Å². The SMILES string of the molecule is CCCCCCCC(=O)N1c2ccccc2[C@H](N(C(=O)c2ccc([N+](=O)[O-])cc2)c2ccccc2)C[C@@H]1C. The molecule has 7 heteroatoms. The summed E-state index contributed by atoms with van der Waals surface area (Å²) >= 11 is 0. The molecule has 3 aromatic rings. The first-order chi connectivity index (χ1) is 18.4. The van der Waals surface area contributed by atoms with E-state index in [0.29, 0.717) is 18.4 Å². The van der Waals surface area contributed by atoms with Crippen molar-refractivity contribution in [2.24, 2.45) is 0 Å². The first-order valence-electron chi connectivity index (χ1n) is 13.5. The number of unbranched alkanes of at least 4 members (excludes halogenated alkanes) is 4. The van der Waals surface area contributed by atoms with Crippen molar-refractivity contribution < 1.29 is 14.5 Å². The number of para-hydroxylation sites is 2. The van der Waals surface area contributed by atoms with Crippen molar-refractivity contribution in [3.05, 3.63) is 100 Å². The number of carbonyl (C=O) groups excluding carboxylic acids is 2. The van der Waals surface area contributed by atoms with E-state index in [4.69, 9.17) is 0 Å². The van der Waals surface area contributed by atoms with E-state index < -0.39 is 4.92 Å². The van der Waals surface area contributed by atoms with Crippen LogP contribution in [0.15, 0.2) is 78.9 Å². The Labute approximate surface area is 224 Å². The zero-order valence-corrected chi connectivity index (χ0v) is 22.1. The Morgan fingerprint density at radius 3 is 2.26 bits per heavy atom. The largest absolute Gasteiger partial charge is 0.309 e. The lowest BCUT2D eigenvalue weighted by Gasteiger charge is -2.43. The van der Waals surface area contributed by atoms with E-state index in [2.05, 4.69) is 6.92 Å². The number of benzene rings is 3. The molecule has 0 bridgehead atoms. The van der Waals surface area contributed by atoms with Crippen LogP contribution >= 0.6 is 0 Å².